The summed E-state index contributed by atoms with van der Waals surface area (Å²) in [5.41, 5.74) is 0. The van der Waals surface area contributed by atoms with Gasteiger partial charge in [-0.15, -0.1) is 0 Å². The summed E-state index contributed by atoms with van der Waals surface area (Å²) >= 11 is 3.37. The van der Waals surface area contributed by atoms with E-state index in [2.05, 4.69) is 31.2 Å². The van der Waals surface area contributed by atoms with Crippen molar-refractivity contribution in [3.8, 4) is 0 Å². The third kappa shape index (κ3) is 4.21. The zero-order valence-electron chi connectivity index (χ0n) is 11.8. The van der Waals surface area contributed by atoms with Gasteiger partial charge in [0.25, 0.3) is 0 Å². The molecule has 0 atom stereocenters. The van der Waals surface area contributed by atoms with Crippen LogP contribution in [0.3, 0.4) is 0 Å². The second-order valence-electron chi connectivity index (χ2n) is 5.09. The predicted molar refractivity (Wildman–Crippen MR) is 79.5 cm³/mol. The maximum Gasteiger partial charge on any atom is 0.391 e. The third-order valence-electron chi connectivity index (χ3n) is 3.52. The van der Waals surface area contributed by atoms with E-state index in [0.717, 1.165) is 13.0 Å². The van der Waals surface area contributed by atoms with Gasteiger partial charge in [-0.3, -0.25) is 0 Å². The van der Waals surface area contributed by atoms with Crippen molar-refractivity contribution in [3.05, 3.63) is 10.7 Å². The number of piperidine rings is 1. The van der Waals surface area contributed by atoms with Crippen molar-refractivity contribution < 1.29 is 13.2 Å². The number of rotatable bonds is 4. The average molecular weight is 367 g/mol. The van der Waals surface area contributed by atoms with Crippen molar-refractivity contribution in [1.82, 2.24) is 9.97 Å². The maximum absolute atomic E-state index is 12.7. The minimum absolute atomic E-state index is 0.109. The van der Waals surface area contributed by atoms with Crippen LogP contribution in [0.4, 0.5) is 24.9 Å². The first-order valence-electron chi connectivity index (χ1n) is 7.00. The van der Waals surface area contributed by atoms with Gasteiger partial charge in [-0.25, -0.2) is 4.98 Å². The molecule has 118 valence electrons. The fourth-order valence-electron chi connectivity index (χ4n) is 2.32. The van der Waals surface area contributed by atoms with Crippen molar-refractivity contribution >= 4 is 27.7 Å². The first-order valence-corrected chi connectivity index (χ1v) is 7.79. The Balaban J connectivity index is 2.05. The van der Waals surface area contributed by atoms with Crippen molar-refractivity contribution in [1.29, 1.82) is 0 Å². The normalized spacial score (nSPS) is 17.1. The van der Waals surface area contributed by atoms with Gasteiger partial charge in [-0.05, 0) is 35.2 Å². The minimum atomic E-state index is -4.09. The molecule has 2 heterocycles. The lowest BCUT2D eigenvalue weighted by Gasteiger charge is -2.34. The number of nitrogens with zero attached hydrogens (tertiary/aromatic N) is 3. The summed E-state index contributed by atoms with van der Waals surface area (Å²) < 4.78 is 38.8. The van der Waals surface area contributed by atoms with Gasteiger partial charge in [0.05, 0.1) is 10.4 Å². The highest BCUT2D eigenvalue weighted by Gasteiger charge is 2.41. The molecule has 1 fully saturated rings. The van der Waals surface area contributed by atoms with Crippen LogP contribution in [0.2, 0.25) is 0 Å². The molecule has 0 spiro atoms. The molecule has 21 heavy (non-hydrogen) atoms. The number of hydrogen-bond donors (Lipinski definition) is 1. The molecule has 1 N–H and O–H groups in total. The molecule has 1 saturated heterocycles. The van der Waals surface area contributed by atoms with Crippen molar-refractivity contribution in [2.24, 2.45) is 5.92 Å². The monoisotopic (exact) mass is 366 g/mol. The van der Waals surface area contributed by atoms with Gasteiger partial charge in [0.1, 0.15) is 5.82 Å². The summed E-state index contributed by atoms with van der Waals surface area (Å²) in [6, 6.07) is 0. The number of halogens is 4. The molecule has 0 saturated carbocycles. The Kier molecular flexibility index (Phi) is 5.29. The molecule has 1 aromatic heterocycles. The van der Waals surface area contributed by atoms with E-state index in [1.807, 2.05) is 11.8 Å². The number of aromatic nitrogens is 2. The Labute approximate surface area is 130 Å². The molecule has 0 radical (unpaired) electrons. The van der Waals surface area contributed by atoms with E-state index in [-0.39, 0.29) is 12.8 Å². The summed E-state index contributed by atoms with van der Waals surface area (Å²) in [7, 11) is 0. The van der Waals surface area contributed by atoms with Gasteiger partial charge < -0.3 is 10.2 Å². The van der Waals surface area contributed by atoms with Crippen molar-refractivity contribution in [2.45, 2.75) is 32.4 Å². The van der Waals surface area contributed by atoms with E-state index in [0.29, 0.717) is 29.3 Å². The van der Waals surface area contributed by atoms with E-state index in [9.17, 15) is 13.2 Å². The second kappa shape index (κ2) is 6.81. The zero-order valence-corrected chi connectivity index (χ0v) is 13.3. The molecule has 1 aromatic rings. The minimum Gasteiger partial charge on any atom is -0.355 e. The molecule has 2 rings (SSSR count). The van der Waals surface area contributed by atoms with Crippen molar-refractivity contribution in [3.63, 3.8) is 0 Å². The van der Waals surface area contributed by atoms with Crippen LogP contribution >= 0.6 is 15.9 Å². The summed E-state index contributed by atoms with van der Waals surface area (Å²) in [5.74, 6) is -0.0377. The largest absolute Gasteiger partial charge is 0.391 e. The van der Waals surface area contributed by atoms with E-state index in [4.69, 9.17) is 0 Å². The Morgan fingerprint density at radius 1 is 1.38 bits per heavy atom. The van der Waals surface area contributed by atoms with Crippen molar-refractivity contribution in [2.75, 3.05) is 29.9 Å². The lowest BCUT2D eigenvalue weighted by molar-refractivity contribution is -0.179. The predicted octanol–water partition coefficient (Wildman–Crippen LogP) is 3.84. The first kappa shape index (κ1) is 16.3. The van der Waals surface area contributed by atoms with Crippen LogP contribution in [0.15, 0.2) is 10.7 Å². The fourth-order valence-corrected chi connectivity index (χ4v) is 2.76. The molecule has 4 nitrogen and oxygen atoms in total. The maximum atomic E-state index is 12.7. The van der Waals surface area contributed by atoms with E-state index in [1.165, 1.54) is 0 Å². The highest BCUT2D eigenvalue weighted by molar-refractivity contribution is 9.10. The highest BCUT2D eigenvalue weighted by atomic mass is 79.9. The standard InChI is InChI=1S/C13H18BrF3N4/c1-2-5-18-12-19-8-10(14)11(20-12)21-6-3-9(4-7-21)13(15,16)17/h8-9H,2-7H2,1H3,(H,18,19,20). The molecule has 0 amide bonds. The van der Waals surface area contributed by atoms with Gasteiger partial charge in [-0.1, -0.05) is 6.92 Å². The molecule has 0 unspecified atom stereocenters. The average Bonchev–Trinajstić information content (AvgIpc) is 2.46. The number of nitrogens with one attached hydrogen (secondary N) is 1. The molecule has 8 heteroatoms. The van der Waals surface area contributed by atoms with Crippen LogP contribution in [-0.2, 0) is 0 Å². The molecule has 0 bridgehead atoms. The number of hydrogen-bond acceptors (Lipinski definition) is 4. The van der Waals surface area contributed by atoms with E-state index < -0.39 is 12.1 Å². The zero-order chi connectivity index (χ0) is 15.5. The molecule has 0 aliphatic carbocycles. The molecular weight excluding hydrogens is 349 g/mol. The SMILES string of the molecule is CCCNc1ncc(Br)c(N2CCC(C(F)(F)F)CC2)n1. The second-order valence-corrected chi connectivity index (χ2v) is 5.95. The Morgan fingerprint density at radius 3 is 2.62 bits per heavy atom. The van der Waals surface area contributed by atoms with Crippen LogP contribution in [0.25, 0.3) is 0 Å². The van der Waals surface area contributed by atoms with Gasteiger partial charge in [-0.2, -0.15) is 18.2 Å². The van der Waals surface area contributed by atoms with Gasteiger partial charge in [0.15, 0.2) is 0 Å². The smallest absolute Gasteiger partial charge is 0.355 e. The van der Waals surface area contributed by atoms with Crippen LogP contribution in [0.5, 0.6) is 0 Å². The van der Waals surface area contributed by atoms with Crippen LogP contribution in [0.1, 0.15) is 26.2 Å². The number of alkyl halides is 3. The van der Waals surface area contributed by atoms with Crippen LogP contribution < -0.4 is 10.2 Å². The fraction of sp³-hybridized carbons (Fsp3) is 0.692. The van der Waals surface area contributed by atoms with Gasteiger partial charge in [0, 0.05) is 25.8 Å². The van der Waals surface area contributed by atoms with Gasteiger partial charge in [0.2, 0.25) is 5.95 Å². The quantitative estimate of drug-likeness (QED) is 0.878. The molecule has 1 aliphatic rings. The summed E-state index contributed by atoms with van der Waals surface area (Å²) in [6.45, 7) is 3.51. The Morgan fingerprint density at radius 2 is 2.05 bits per heavy atom. The first-order chi connectivity index (χ1) is 9.91. The lowest BCUT2D eigenvalue weighted by Crippen LogP contribution is -2.39. The highest BCUT2D eigenvalue weighted by Crippen LogP contribution is 2.36. The summed E-state index contributed by atoms with van der Waals surface area (Å²) in [5, 5.41) is 3.08. The van der Waals surface area contributed by atoms with E-state index >= 15 is 0 Å². The molecular formula is C13H18BrF3N4. The lowest BCUT2D eigenvalue weighted by atomic mass is 9.96. The summed E-state index contributed by atoms with van der Waals surface area (Å²) in [6.07, 6.45) is -1.29. The Bertz CT molecular complexity index is 473. The van der Waals surface area contributed by atoms with Crippen LogP contribution in [-0.4, -0.2) is 35.8 Å². The van der Waals surface area contributed by atoms with E-state index in [1.54, 1.807) is 6.20 Å². The van der Waals surface area contributed by atoms with Crippen LogP contribution in [0, 0.1) is 5.92 Å². The molecule has 1 aliphatic heterocycles. The topological polar surface area (TPSA) is 41.1 Å². The Hall–Kier alpha value is -1.05. The summed E-state index contributed by atoms with van der Waals surface area (Å²) in [4.78, 5) is 10.4. The van der Waals surface area contributed by atoms with Gasteiger partial charge >= 0.3 is 6.18 Å². The third-order valence-corrected chi connectivity index (χ3v) is 4.08. The number of anilines is 2. The molecule has 0 aromatic carbocycles.